The van der Waals surface area contributed by atoms with E-state index in [1.165, 1.54) is 0 Å². The lowest BCUT2D eigenvalue weighted by Crippen LogP contribution is -2.49. The van der Waals surface area contributed by atoms with Gasteiger partial charge in [0.05, 0.1) is 37.1 Å². The molecular weight excluding hydrogens is 332 g/mol. The third-order valence-corrected chi connectivity index (χ3v) is 5.75. The Hall–Kier alpha value is -2.38. The van der Waals surface area contributed by atoms with E-state index < -0.39 is 0 Å². The molecule has 0 spiro atoms. The van der Waals surface area contributed by atoms with Gasteiger partial charge in [-0.05, 0) is 17.7 Å². The molecule has 0 N–H and O–H groups in total. The van der Waals surface area contributed by atoms with Crippen LogP contribution in [0.2, 0.25) is 0 Å². The second-order valence-corrected chi connectivity index (χ2v) is 7.40. The molecule has 0 bridgehead atoms. The Bertz CT molecular complexity index is 860. The number of ether oxygens (including phenoxy) is 2. The molecule has 4 heterocycles. The highest BCUT2D eigenvalue weighted by molar-refractivity contribution is 5.98. The average molecular weight is 354 g/mol. The molecule has 1 aromatic carbocycles. The third kappa shape index (κ3) is 2.42. The molecule has 1 aromatic heterocycles. The molecule has 2 fully saturated rings. The first-order valence-electron chi connectivity index (χ1n) is 8.99. The quantitative estimate of drug-likeness (QED) is 0.805. The van der Waals surface area contributed by atoms with Crippen molar-refractivity contribution in [3.05, 3.63) is 36.2 Å². The summed E-state index contributed by atoms with van der Waals surface area (Å²) in [6.07, 6.45) is 3.77. The van der Waals surface area contributed by atoms with Gasteiger partial charge in [0.1, 0.15) is 11.9 Å². The van der Waals surface area contributed by atoms with Gasteiger partial charge in [-0.25, -0.2) is 0 Å². The van der Waals surface area contributed by atoms with E-state index in [9.17, 15) is 4.79 Å². The van der Waals surface area contributed by atoms with Gasteiger partial charge >= 0.3 is 0 Å². The van der Waals surface area contributed by atoms with Gasteiger partial charge in [-0.1, -0.05) is 6.07 Å². The monoisotopic (exact) mass is 354 g/mol. The Morgan fingerprint density at radius 1 is 1.15 bits per heavy atom. The van der Waals surface area contributed by atoms with Crippen LogP contribution >= 0.6 is 0 Å². The largest absolute Gasteiger partial charge is 0.486 e. The molecule has 136 valence electrons. The van der Waals surface area contributed by atoms with E-state index in [1.54, 1.807) is 4.68 Å². The molecule has 0 saturated carbocycles. The lowest BCUT2D eigenvalue weighted by atomic mass is 10.1. The zero-order valence-electron chi connectivity index (χ0n) is 15.0. The number of amides is 1. The highest BCUT2D eigenvalue weighted by atomic mass is 16.5. The fourth-order valence-corrected chi connectivity index (χ4v) is 4.06. The van der Waals surface area contributed by atoms with E-state index in [-0.39, 0.29) is 18.1 Å². The van der Waals surface area contributed by atoms with Crippen LogP contribution in [0.25, 0.3) is 11.1 Å². The van der Waals surface area contributed by atoms with Crippen molar-refractivity contribution in [1.82, 2.24) is 19.6 Å². The van der Waals surface area contributed by atoms with Crippen molar-refractivity contribution in [3.63, 3.8) is 0 Å². The summed E-state index contributed by atoms with van der Waals surface area (Å²) in [6.45, 7) is 3.22. The maximum absolute atomic E-state index is 13.0. The predicted octanol–water partition coefficient (Wildman–Crippen LogP) is 1.00. The molecule has 3 aliphatic rings. The topological polar surface area (TPSA) is 59.8 Å². The van der Waals surface area contributed by atoms with Crippen molar-refractivity contribution in [2.45, 2.75) is 18.2 Å². The lowest BCUT2D eigenvalue weighted by Gasteiger charge is -2.34. The lowest BCUT2D eigenvalue weighted by molar-refractivity contribution is -0.0599. The minimum atomic E-state index is -0.0186. The molecule has 2 saturated heterocycles. The van der Waals surface area contributed by atoms with Crippen molar-refractivity contribution in [1.29, 1.82) is 0 Å². The minimum Gasteiger partial charge on any atom is -0.486 e. The summed E-state index contributed by atoms with van der Waals surface area (Å²) < 4.78 is 13.5. The van der Waals surface area contributed by atoms with Gasteiger partial charge in [-0.3, -0.25) is 14.4 Å². The second kappa shape index (κ2) is 5.82. The standard InChI is InChI=1S/C19H22N4O3/c1-21-7-13(6-20-21)12-3-4-15-17(5-12)26-18-9-23(14-10-25-11-14)8-16(18)22(2)19(15)24/h3-7,14,16,18H,8-11H2,1-2H3/t16-,18+/m1/s1. The van der Waals surface area contributed by atoms with Gasteiger partial charge in [0.15, 0.2) is 0 Å². The number of hydrogen-bond donors (Lipinski definition) is 0. The number of carbonyl (C=O) groups is 1. The number of nitrogens with zero attached hydrogens (tertiary/aromatic N) is 4. The van der Waals surface area contributed by atoms with Crippen molar-refractivity contribution in [3.8, 4) is 16.9 Å². The van der Waals surface area contributed by atoms with Gasteiger partial charge in [0, 0.05) is 38.9 Å². The van der Waals surface area contributed by atoms with Crippen LogP contribution in [0.15, 0.2) is 30.6 Å². The van der Waals surface area contributed by atoms with Gasteiger partial charge in [-0.2, -0.15) is 5.10 Å². The average Bonchev–Trinajstić information content (AvgIpc) is 3.16. The van der Waals surface area contributed by atoms with Crippen LogP contribution in [0.4, 0.5) is 0 Å². The van der Waals surface area contributed by atoms with Crippen LogP contribution in [0.1, 0.15) is 10.4 Å². The summed E-state index contributed by atoms with van der Waals surface area (Å²) >= 11 is 0. The first-order valence-corrected chi connectivity index (χ1v) is 8.99. The van der Waals surface area contributed by atoms with Crippen LogP contribution < -0.4 is 4.74 Å². The van der Waals surface area contributed by atoms with E-state index >= 15 is 0 Å². The Kier molecular flexibility index (Phi) is 3.55. The number of likely N-dealkylation sites (tertiary alicyclic amines) is 1. The van der Waals surface area contributed by atoms with Crippen LogP contribution in [0, 0.1) is 0 Å². The number of benzene rings is 1. The summed E-state index contributed by atoms with van der Waals surface area (Å²) in [5, 5.41) is 4.23. The molecule has 0 radical (unpaired) electrons. The Labute approximate surface area is 152 Å². The molecule has 7 nitrogen and oxygen atoms in total. The summed E-state index contributed by atoms with van der Waals surface area (Å²) in [4.78, 5) is 17.2. The van der Waals surface area contributed by atoms with Crippen molar-refractivity contribution in [2.75, 3.05) is 33.4 Å². The summed E-state index contributed by atoms with van der Waals surface area (Å²) in [5.41, 5.74) is 2.65. The molecule has 7 heteroatoms. The molecule has 5 rings (SSSR count). The Morgan fingerprint density at radius 2 is 2.00 bits per heavy atom. The van der Waals surface area contributed by atoms with Crippen LogP contribution in [0.3, 0.4) is 0 Å². The first-order chi connectivity index (χ1) is 12.6. The van der Waals surface area contributed by atoms with E-state index in [1.807, 2.05) is 49.6 Å². The maximum Gasteiger partial charge on any atom is 0.257 e. The second-order valence-electron chi connectivity index (χ2n) is 7.40. The van der Waals surface area contributed by atoms with Gasteiger partial charge in [0.2, 0.25) is 0 Å². The Morgan fingerprint density at radius 3 is 2.69 bits per heavy atom. The van der Waals surface area contributed by atoms with Crippen LogP contribution in [-0.2, 0) is 11.8 Å². The molecule has 2 atom stereocenters. The fraction of sp³-hybridized carbons (Fsp3) is 0.474. The van der Waals surface area contributed by atoms with E-state index in [0.29, 0.717) is 17.4 Å². The van der Waals surface area contributed by atoms with Crippen LogP contribution in [-0.4, -0.2) is 77.0 Å². The normalized spacial score (nSPS) is 26.1. The zero-order chi connectivity index (χ0) is 17.8. The number of aromatic nitrogens is 2. The molecular formula is C19H22N4O3. The number of hydrogen-bond acceptors (Lipinski definition) is 5. The van der Waals surface area contributed by atoms with Crippen molar-refractivity contribution in [2.24, 2.45) is 7.05 Å². The fourth-order valence-electron chi connectivity index (χ4n) is 4.06. The van der Waals surface area contributed by atoms with E-state index in [0.717, 1.165) is 37.4 Å². The molecule has 0 aliphatic carbocycles. The van der Waals surface area contributed by atoms with Gasteiger partial charge < -0.3 is 14.4 Å². The summed E-state index contributed by atoms with van der Waals surface area (Å²) in [6, 6.07) is 6.32. The minimum absolute atomic E-state index is 0.0186. The number of carbonyl (C=O) groups excluding carboxylic acids is 1. The molecule has 1 amide bonds. The van der Waals surface area contributed by atoms with Gasteiger partial charge in [0.25, 0.3) is 5.91 Å². The number of rotatable bonds is 2. The van der Waals surface area contributed by atoms with Gasteiger partial charge in [-0.15, -0.1) is 0 Å². The highest BCUT2D eigenvalue weighted by Gasteiger charge is 2.45. The molecule has 3 aliphatic heterocycles. The molecule has 0 unspecified atom stereocenters. The SMILES string of the molecule is CN1C(=O)c2ccc(-c3cnn(C)c3)cc2O[C@H]2CN(C3COC3)C[C@H]21. The molecule has 26 heavy (non-hydrogen) atoms. The number of likely N-dealkylation sites (N-methyl/N-ethyl adjacent to an activating group) is 1. The number of aryl methyl sites for hydroxylation is 1. The maximum atomic E-state index is 13.0. The first kappa shape index (κ1) is 15.8. The highest BCUT2D eigenvalue weighted by Crippen LogP contribution is 2.34. The third-order valence-electron chi connectivity index (χ3n) is 5.75. The smallest absolute Gasteiger partial charge is 0.257 e. The van der Waals surface area contributed by atoms with Crippen LogP contribution in [0.5, 0.6) is 5.75 Å². The summed E-state index contributed by atoms with van der Waals surface area (Å²) in [5.74, 6) is 0.694. The number of fused-ring (bicyclic) bond motifs is 2. The zero-order valence-corrected chi connectivity index (χ0v) is 15.0. The molecule has 2 aromatic rings. The predicted molar refractivity (Wildman–Crippen MR) is 95.1 cm³/mol. The van der Waals surface area contributed by atoms with Crippen molar-refractivity contribution >= 4 is 5.91 Å². The van der Waals surface area contributed by atoms with E-state index in [2.05, 4.69) is 10.00 Å². The Balaban J connectivity index is 1.48. The van der Waals surface area contributed by atoms with E-state index in [4.69, 9.17) is 9.47 Å². The summed E-state index contributed by atoms with van der Waals surface area (Å²) in [7, 11) is 3.78. The van der Waals surface area contributed by atoms with Crippen molar-refractivity contribution < 1.29 is 14.3 Å².